The molecule has 0 bridgehead atoms. The van der Waals surface area contributed by atoms with Crippen LogP contribution in [0.2, 0.25) is 0 Å². The molecule has 1 fully saturated rings. The van der Waals surface area contributed by atoms with E-state index < -0.39 is 5.60 Å². The standard InChI is InChI=1S/C14H24N6O2/c1-13(2,3)22-12(21)18-14(4)5-7-20(8-6-14)11-17-10(15)9-16-19-11/h9H,5-8H2,1-4H3,(H,18,21)(H2,15,17,19). The summed E-state index contributed by atoms with van der Waals surface area (Å²) in [5.41, 5.74) is 4.83. The molecule has 1 amide bonds. The van der Waals surface area contributed by atoms with Crippen LogP contribution >= 0.6 is 0 Å². The van der Waals surface area contributed by atoms with Crippen LogP contribution in [0.5, 0.6) is 0 Å². The number of nitrogen functional groups attached to an aromatic ring is 1. The van der Waals surface area contributed by atoms with Crippen molar-refractivity contribution in [3.8, 4) is 0 Å². The molecule has 122 valence electrons. The van der Waals surface area contributed by atoms with Crippen molar-refractivity contribution >= 4 is 17.9 Å². The molecule has 1 saturated heterocycles. The molecular weight excluding hydrogens is 284 g/mol. The van der Waals surface area contributed by atoms with Crippen LogP contribution in [0.15, 0.2) is 6.20 Å². The van der Waals surface area contributed by atoms with Crippen LogP contribution in [-0.2, 0) is 4.74 Å². The molecule has 2 heterocycles. The van der Waals surface area contributed by atoms with Gasteiger partial charge in [-0.05, 0) is 40.5 Å². The lowest BCUT2D eigenvalue weighted by molar-refractivity contribution is 0.0448. The van der Waals surface area contributed by atoms with Gasteiger partial charge in [-0.25, -0.2) is 4.79 Å². The van der Waals surface area contributed by atoms with E-state index in [-0.39, 0.29) is 11.6 Å². The first-order chi connectivity index (χ1) is 10.2. The fourth-order valence-corrected chi connectivity index (χ4v) is 2.32. The van der Waals surface area contributed by atoms with Gasteiger partial charge in [-0.2, -0.15) is 10.1 Å². The molecule has 0 unspecified atom stereocenters. The van der Waals surface area contributed by atoms with Gasteiger partial charge in [0, 0.05) is 18.6 Å². The molecule has 1 aliphatic heterocycles. The van der Waals surface area contributed by atoms with Crippen molar-refractivity contribution in [1.82, 2.24) is 20.5 Å². The highest BCUT2D eigenvalue weighted by Gasteiger charge is 2.33. The first-order valence-corrected chi connectivity index (χ1v) is 7.38. The molecule has 0 aromatic carbocycles. The molecular formula is C14H24N6O2. The van der Waals surface area contributed by atoms with E-state index in [9.17, 15) is 4.79 Å². The molecule has 8 nitrogen and oxygen atoms in total. The van der Waals surface area contributed by atoms with Crippen LogP contribution in [0, 0.1) is 0 Å². The van der Waals surface area contributed by atoms with Gasteiger partial charge in [-0.3, -0.25) is 0 Å². The average Bonchev–Trinajstić information content (AvgIpc) is 2.36. The van der Waals surface area contributed by atoms with E-state index >= 15 is 0 Å². The van der Waals surface area contributed by atoms with Gasteiger partial charge in [0.1, 0.15) is 11.4 Å². The normalized spacial score (nSPS) is 17.9. The highest BCUT2D eigenvalue weighted by atomic mass is 16.6. The summed E-state index contributed by atoms with van der Waals surface area (Å²) in [4.78, 5) is 18.1. The fraction of sp³-hybridized carbons (Fsp3) is 0.714. The number of carbonyl (C=O) groups is 1. The Kier molecular flexibility index (Phi) is 4.39. The number of nitrogens with two attached hydrogens (primary N) is 1. The van der Waals surface area contributed by atoms with Crippen LogP contribution in [0.1, 0.15) is 40.5 Å². The monoisotopic (exact) mass is 308 g/mol. The molecule has 3 N–H and O–H groups in total. The number of rotatable bonds is 2. The number of aromatic nitrogens is 3. The van der Waals surface area contributed by atoms with Crippen LogP contribution in [0.4, 0.5) is 16.6 Å². The average molecular weight is 308 g/mol. The molecule has 1 aromatic rings. The Morgan fingerprint density at radius 3 is 2.59 bits per heavy atom. The van der Waals surface area contributed by atoms with Crippen molar-refractivity contribution in [3.05, 3.63) is 6.20 Å². The number of hydrogen-bond donors (Lipinski definition) is 2. The van der Waals surface area contributed by atoms with Gasteiger partial charge >= 0.3 is 6.09 Å². The number of carbonyl (C=O) groups excluding carboxylic acids is 1. The van der Waals surface area contributed by atoms with Crippen molar-refractivity contribution in [3.63, 3.8) is 0 Å². The summed E-state index contributed by atoms with van der Waals surface area (Å²) in [6.45, 7) is 9.01. The van der Waals surface area contributed by atoms with Gasteiger partial charge in [-0.1, -0.05) is 0 Å². The largest absolute Gasteiger partial charge is 0.444 e. The Morgan fingerprint density at radius 2 is 2.05 bits per heavy atom. The van der Waals surface area contributed by atoms with Crippen LogP contribution in [-0.4, -0.2) is 45.5 Å². The molecule has 0 aliphatic carbocycles. The number of amides is 1. The summed E-state index contributed by atoms with van der Waals surface area (Å²) in [6, 6.07) is 0. The molecule has 22 heavy (non-hydrogen) atoms. The highest BCUT2D eigenvalue weighted by Crippen LogP contribution is 2.24. The number of nitrogens with one attached hydrogen (secondary N) is 1. The van der Waals surface area contributed by atoms with E-state index in [2.05, 4.69) is 20.5 Å². The third kappa shape index (κ3) is 4.44. The minimum atomic E-state index is -0.498. The Balaban J connectivity index is 1.91. The first-order valence-electron chi connectivity index (χ1n) is 7.38. The van der Waals surface area contributed by atoms with Gasteiger partial charge in [0.05, 0.1) is 6.20 Å². The van der Waals surface area contributed by atoms with Gasteiger partial charge in [0.25, 0.3) is 0 Å². The highest BCUT2D eigenvalue weighted by molar-refractivity contribution is 5.68. The van der Waals surface area contributed by atoms with Crippen molar-refractivity contribution in [2.75, 3.05) is 23.7 Å². The predicted octanol–water partition coefficient (Wildman–Crippen LogP) is 1.34. The lowest BCUT2D eigenvalue weighted by Crippen LogP contribution is -2.54. The lowest BCUT2D eigenvalue weighted by Gasteiger charge is -2.39. The Labute approximate surface area is 130 Å². The zero-order valence-electron chi connectivity index (χ0n) is 13.6. The summed E-state index contributed by atoms with van der Waals surface area (Å²) < 4.78 is 5.32. The van der Waals surface area contributed by atoms with Crippen molar-refractivity contribution < 1.29 is 9.53 Å². The van der Waals surface area contributed by atoms with Crippen LogP contribution < -0.4 is 16.0 Å². The molecule has 1 aliphatic rings. The van der Waals surface area contributed by atoms with E-state index in [1.54, 1.807) is 0 Å². The van der Waals surface area contributed by atoms with E-state index in [0.717, 1.165) is 25.9 Å². The summed E-state index contributed by atoms with van der Waals surface area (Å²) in [7, 11) is 0. The number of nitrogens with zero attached hydrogens (tertiary/aromatic N) is 4. The van der Waals surface area contributed by atoms with Crippen molar-refractivity contribution in [2.24, 2.45) is 0 Å². The number of hydrogen-bond acceptors (Lipinski definition) is 7. The van der Waals surface area contributed by atoms with Gasteiger partial charge < -0.3 is 20.7 Å². The number of ether oxygens (including phenoxy) is 1. The summed E-state index contributed by atoms with van der Waals surface area (Å²) in [5.74, 6) is 0.879. The van der Waals surface area contributed by atoms with Gasteiger partial charge in [-0.15, -0.1) is 5.10 Å². The number of anilines is 2. The first kappa shape index (κ1) is 16.3. The minimum absolute atomic E-state index is 0.299. The maximum atomic E-state index is 11.9. The van der Waals surface area contributed by atoms with E-state index in [1.165, 1.54) is 6.20 Å². The minimum Gasteiger partial charge on any atom is -0.444 e. The summed E-state index contributed by atoms with van der Waals surface area (Å²) >= 11 is 0. The zero-order valence-corrected chi connectivity index (χ0v) is 13.6. The van der Waals surface area contributed by atoms with E-state index in [4.69, 9.17) is 10.5 Å². The van der Waals surface area contributed by atoms with Crippen LogP contribution in [0.25, 0.3) is 0 Å². The van der Waals surface area contributed by atoms with E-state index in [0.29, 0.717) is 11.8 Å². The maximum absolute atomic E-state index is 11.9. The molecule has 0 saturated carbocycles. The fourth-order valence-electron chi connectivity index (χ4n) is 2.32. The second kappa shape index (κ2) is 5.94. The van der Waals surface area contributed by atoms with Gasteiger partial charge in [0.15, 0.2) is 0 Å². The molecule has 0 atom stereocenters. The predicted molar refractivity (Wildman–Crippen MR) is 83.5 cm³/mol. The van der Waals surface area contributed by atoms with Crippen LogP contribution in [0.3, 0.4) is 0 Å². The molecule has 8 heteroatoms. The topological polar surface area (TPSA) is 106 Å². The van der Waals surface area contributed by atoms with Crippen molar-refractivity contribution in [2.45, 2.75) is 51.7 Å². The second-order valence-corrected chi connectivity index (χ2v) is 6.86. The van der Waals surface area contributed by atoms with Crippen molar-refractivity contribution in [1.29, 1.82) is 0 Å². The van der Waals surface area contributed by atoms with E-state index in [1.807, 2.05) is 32.6 Å². The molecule has 1 aromatic heterocycles. The number of alkyl carbamates (subject to hydrolysis) is 1. The second-order valence-electron chi connectivity index (χ2n) is 6.86. The lowest BCUT2D eigenvalue weighted by atomic mass is 9.90. The summed E-state index contributed by atoms with van der Waals surface area (Å²) in [5, 5.41) is 10.8. The molecule has 0 radical (unpaired) electrons. The smallest absolute Gasteiger partial charge is 0.408 e. The third-order valence-corrected chi connectivity index (χ3v) is 3.52. The Morgan fingerprint density at radius 1 is 1.41 bits per heavy atom. The summed E-state index contributed by atoms with van der Waals surface area (Å²) in [6.07, 6.45) is 2.57. The molecule has 0 spiro atoms. The zero-order chi connectivity index (χ0) is 16.4. The SMILES string of the molecule is CC1(NC(=O)OC(C)(C)C)CCN(c2nncc(N)n2)CC1. The maximum Gasteiger partial charge on any atom is 0.408 e. The quantitative estimate of drug-likeness (QED) is 0.849. The molecule has 2 rings (SSSR count). The van der Waals surface area contributed by atoms with Gasteiger partial charge in [0.2, 0.25) is 5.95 Å². The number of piperidine rings is 1. The Hall–Kier alpha value is -2.12. The Bertz CT molecular complexity index is 534. The third-order valence-electron chi connectivity index (χ3n) is 3.52.